The van der Waals surface area contributed by atoms with Crippen LogP contribution in [0, 0.1) is 0 Å². The summed E-state index contributed by atoms with van der Waals surface area (Å²) in [5.74, 6) is -1.12. The highest BCUT2D eigenvalue weighted by atomic mass is 35.5. The lowest BCUT2D eigenvalue weighted by Crippen LogP contribution is -2.22. The number of amides is 1. The van der Waals surface area contributed by atoms with Crippen LogP contribution in [0.5, 0.6) is 0 Å². The molecule has 0 aromatic heterocycles. The Morgan fingerprint density at radius 1 is 1.38 bits per heavy atom. The Labute approximate surface area is 98.2 Å². The van der Waals surface area contributed by atoms with Crippen LogP contribution in [0.15, 0.2) is 18.2 Å². The number of carboxylic acid groups (broad SMARTS) is 1. The van der Waals surface area contributed by atoms with Crippen LogP contribution in [0.1, 0.15) is 22.8 Å². The quantitative estimate of drug-likeness (QED) is 0.844. The third-order valence-corrected chi connectivity index (χ3v) is 2.21. The van der Waals surface area contributed by atoms with E-state index >= 15 is 0 Å². The first-order chi connectivity index (χ1) is 7.49. The molecule has 0 radical (unpaired) electrons. The van der Waals surface area contributed by atoms with Gasteiger partial charge in [0.2, 0.25) is 5.91 Å². The Morgan fingerprint density at radius 3 is 2.62 bits per heavy atom. The molecule has 16 heavy (non-hydrogen) atoms. The number of halogens is 1. The van der Waals surface area contributed by atoms with Gasteiger partial charge in [-0.2, -0.15) is 0 Å². The number of carboxylic acids is 1. The molecule has 2 N–H and O–H groups in total. The molecule has 0 aliphatic carbocycles. The molecule has 1 rings (SSSR count). The van der Waals surface area contributed by atoms with Crippen molar-refractivity contribution in [2.24, 2.45) is 0 Å². The van der Waals surface area contributed by atoms with Crippen LogP contribution < -0.4 is 5.32 Å². The molecule has 1 aromatic carbocycles. The minimum absolute atomic E-state index is 0.111. The lowest BCUT2D eigenvalue weighted by molar-refractivity contribution is -0.118. The van der Waals surface area contributed by atoms with E-state index in [0.29, 0.717) is 18.0 Å². The number of hydrogen-bond acceptors (Lipinski definition) is 2. The van der Waals surface area contributed by atoms with Crippen molar-refractivity contribution in [2.75, 3.05) is 6.54 Å². The van der Waals surface area contributed by atoms with Gasteiger partial charge in [-0.3, -0.25) is 4.79 Å². The largest absolute Gasteiger partial charge is 0.478 e. The normalized spacial score (nSPS) is 9.88. The van der Waals surface area contributed by atoms with Gasteiger partial charge in [0.1, 0.15) is 0 Å². The first kappa shape index (κ1) is 12.5. The molecule has 0 spiro atoms. The van der Waals surface area contributed by atoms with Crippen LogP contribution >= 0.6 is 11.6 Å². The van der Waals surface area contributed by atoms with Crippen LogP contribution in [0.2, 0.25) is 5.02 Å². The highest BCUT2D eigenvalue weighted by Gasteiger charge is 2.06. The summed E-state index contributed by atoms with van der Waals surface area (Å²) in [7, 11) is 0. The summed E-state index contributed by atoms with van der Waals surface area (Å²) in [6, 6.07) is 4.64. The summed E-state index contributed by atoms with van der Waals surface area (Å²) in [4.78, 5) is 21.4. The molecule has 0 saturated heterocycles. The number of rotatable bonds is 4. The van der Waals surface area contributed by atoms with E-state index < -0.39 is 5.97 Å². The van der Waals surface area contributed by atoms with Crippen LogP contribution in [-0.4, -0.2) is 23.5 Å². The van der Waals surface area contributed by atoms with E-state index in [1.54, 1.807) is 12.1 Å². The smallest absolute Gasteiger partial charge is 0.335 e. The average Bonchev–Trinajstić information content (AvgIpc) is 2.16. The van der Waals surface area contributed by atoms with Crippen molar-refractivity contribution >= 4 is 23.5 Å². The summed E-state index contributed by atoms with van der Waals surface area (Å²) >= 11 is 5.78. The van der Waals surface area contributed by atoms with Crippen molar-refractivity contribution < 1.29 is 14.7 Å². The maximum absolute atomic E-state index is 10.8. The molecule has 5 heteroatoms. The first-order valence-electron chi connectivity index (χ1n) is 4.76. The zero-order chi connectivity index (χ0) is 12.1. The van der Waals surface area contributed by atoms with Gasteiger partial charge in [-0.25, -0.2) is 4.79 Å². The summed E-state index contributed by atoms with van der Waals surface area (Å²) in [5.41, 5.74) is 0.948. The van der Waals surface area contributed by atoms with Crippen molar-refractivity contribution in [1.82, 2.24) is 5.32 Å². The summed E-state index contributed by atoms with van der Waals surface area (Å²) in [5, 5.41) is 11.8. The van der Waals surface area contributed by atoms with Gasteiger partial charge in [0, 0.05) is 18.5 Å². The van der Waals surface area contributed by atoms with Crippen molar-refractivity contribution in [1.29, 1.82) is 0 Å². The van der Waals surface area contributed by atoms with Gasteiger partial charge >= 0.3 is 5.97 Å². The number of nitrogens with one attached hydrogen (secondary N) is 1. The Hall–Kier alpha value is -1.55. The van der Waals surface area contributed by atoms with Crippen molar-refractivity contribution in [3.8, 4) is 0 Å². The predicted molar refractivity (Wildman–Crippen MR) is 60.8 cm³/mol. The highest BCUT2D eigenvalue weighted by Crippen LogP contribution is 2.15. The number of carbonyl (C=O) groups excluding carboxylic acids is 1. The Kier molecular flexibility index (Phi) is 4.31. The highest BCUT2D eigenvalue weighted by molar-refractivity contribution is 6.31. The Bertz CT molecular complexity index is 418. The molecule has 0 atom stereocenters. The van der Waals surface area contributed by atoms with E-state index in [9.17, 15) is 9.59 Å². The van der Waals surface area contributed by atoms with Gasteiger partial charge in [0.25, 0.3) is 0 Å². The van der Waals surface area contributed by atoms with Crippen molar-refractivity contribution in [3.05, 3.63) is 34.3 Å². The SMILES string of the molecule is CC(=O)NCCc1cc(Cl)cc(C(=O)O)c1. The van der Waals surface area contributed by atoms with E-state index in [-0.39, 0.29) is 11.5 Å². The molecule has 86 valence electrons. The monoisotopic (exact) mass is 241 g/mol. The molecule has 0 unspecified atom stereocenters. The maximum atomic E-state index is 10.8. The Balaban J connectivity index is 2.72. The van der Waals surface area contributed by atoms with Gasteiger partial charge in [-0.15, -0.1) is 0 Å². The van der Waals surface area contributed by atoms with E-state index in [0.717, 1.165) is 5.56 Å². The summed E-state index contributed by atoms with van der Waals surface area (Å²) in [6.45, 7) is 1.90. The van der Waals surface area contributed by atoms with Gasteiger partial charge in [-0.1, -0.05) is 11.6 Å². The number of hydrogen-bond donors (Lipinski definition) is 2. The Morgan fingerprint density at radius 2 is 2.06 bits per heavy atom. The molecular formula is C11H12ClNO3. The third kappa shape index (κ3) is 3.90. The fraction of sp³-hybridized carbons (Fsp3) is 0.273. The molecule has 4 nitrogen and oxygen atoms in total. The second-order valence-electron chi connectivity index (χ2n) is 3.39. The lowest BCUT2D eigenvalue weighted by Gasteiger charge is -2.04. The minimum Gasteiger partial charge on any atom is -0.478 e. The van der Waals surface area contributed by atoms with Gasteiger partial charge in [0.15, 0.2) is 0 Å². The van der Waals surface area contributed by atoms with Gasteiger partial charge < -0.3 is 10.4 Å². The van der Waals surface area contributed by atoms with Gasteiger partial charge in [-0.05, 0) is 30.2 Å². The average molecular weight is 242 g/mol. The maximum Gasteiger partial charge on any atom is 0.335 e. The van der Waals surface area contributed by atoms with Crippen molar-refractivity contribution in [3.63, 3.8) is 0 Å². The second-order valence-corrected chi connectivity index (χ2v) is 3.82. The van der Waals surface area contributed by atoms with Crippen LogP contribution in [0.25, 0.3) is 0 Å². The molecule has 0 aliphatic heterocycles. The van der Waals surface area contributed by atoms with Gasteiger partial charge in [0.05, 0.1) is 5.56 Å². The molecule has 0 aliphatic rings. The topological polar surface area (TPSA) is 66.4 Å². The van der Waals surface area contributed by atoms with E-state index in [1.165, 1.54) is 13.0 Å². The third-order valence-electron chi connectivity index (χ3n) is 1.99. The minimum atomic E-state index is -1.01. The molecular weight excluding hydrogens is 230 g/mol. The van der Waals surface area contributed by atoms with E-state index in [4.69, 9.17) is 16.7 Å². The van der Waals surface area contributed by atoms with Crippen molar-refractivity contribution in [2.45, 2.75) is 13.3 Å². The van der Waals surface area contributed by atoms with Crippen LogP contribution in [0.3, 0.4) is 0 Å². The number of carbonyl (C=O) groups is 2. The number of benzene rings is 1. The number of aromatic carboxylic acids is 1. The summed E-state index contributed by atoms with van der Waals surface area (Å²) in [6.07, 6.45) is 0.556. The second kappa shape index (κ2) is 5.51. The standard InChI is InChI=1S/C11H12ClNO3/c1-7(14)13-3-2-8-4-9(11(15)16)6-10(12)5-8/h4-6H,2-3H2,1H3,(H,13,14)(H,15,16). The van der Waals surface area contributed by atoms with Crippen LogP contribution in [0.4, 0.5) is 0 Å². The summed E-state index contributed by atoms with van der Waals surface area (Å²) < 4.78 is 0. The molecule has 0 fully saturated rings. The first-order valence-corrected chi connectivity index (χ1v) is 5.14. The molecule has 0 saturated carbocycles. The van der Waals surface area contributed by atoms with E-state index in [1.807, 2.05) is 0 Å². The zero-order valence-electron chi connectivity index (χ0n) is 8.79. The predicted octanol–water partition coefficient (Wildman–Crippen LogP) is 1.72. The fourth-order valence-electron chi connectivity index (χ4n) is 1.30. The zero-order valence-corrected chi connectivity index (χ0v) is 9.54. The van der Waals surface area contributed by atoms with E-state index in [2.05, 4.69) is 5.32 Å². The fourth-order valence-corrected chi connectivity index (χ4v) is 1.56. The molecule has 1 amide bonds. The molecule has 0 bridgehead atoms. The molecule has 0 heterocycles. The lowest BCUT2D eigenvalue weighted by atomic mass is 10.1. The molecule has 1 aromatic rings. The van der Waals surface area contributed by atoms with Crippen LogP contribution in [-0.2, 0) is 11.2 Å².